The van der Waals surface area contributed by atoms with E-state index in [2.05, 4.69) is 35.8 Å². The number of hydrogen-bond donors (Lipinski definition) is 3. The van der Waals surface area contributed by atoms with Gasteiger partial charge in [0.1, 0.15) is 23.3 Å². The van der Waals surface area contributed by atoms with E-state index in [1.54, 1.807) is 44.5 Å². The molecule has 0 spiro atoms. The first kappa shape index (κ1) is 20.2. The average Bonchev–Trinajstić information content (AvgIpc) is 3.37. The summed E-state index contributed by atoms with van der Waals surface area (Å²) in [6, 6.07) is 12.9. The number of rotatable bonds is 6. The second-order valence-corrected chi connectivity index (χ2v) is 7.35. The Kier molecular flexibility index (Phi) is 4.98. The Morgan fingerprint density at radius 1 is 1.00 bits per heavy atom. The van der Waals surface area contributed by atoms with Crippen molar-refractivity contribution in [3.63, 3.8) is 0 Å². The maximum Gasteiger partial charge on any atom is 0.277 e. The van der Waals surface area contributed by atoms with Gasteiger partial charge in [-0.3, -0.25) is 19.3 Å². The van der Waals surface area contributed by atoms with Crippen LogP contribution in [0.4, 0.5) is 23.0 Å². The van der Waals surface area contributed by atoms with E-state index in [1.165, 1.54) is 4.68 Å². The summed E-state index contributed by atoms with van der Waals surface area (Å²) in [5, 5.41) is 14.3. The van der Waals surface area contributed by atoms with Crippen LogP contribution in [0.2, 0.25) is 0 Å². The zero-order valence-corrected chi connectivity index (χ0v) is 18.2. The Bertz CT molecular complexity index is 1500. The maximum atomic E-state index is 12.8. The Hall–Kier alpha value is -4.67. The summed E-state index contributed by atoms with van der Waals surface area (Å²) in [6.45, 7) is 0. The van der Waals surface area contributed by atoms with Crippen molar-refractivity contribution in [2.45, 2.75) is 0 Å². The summed E-state index contributed by atoms with van der Waals surface area (Å²) < 4.78 is 8.71. The lowest BCUT2D eigenvalue weighted by molar-refractivity contribution is 0.418. The van der Waals surface area contributed by atoms with E-state index in [0.29, 0.717) is 45.6 Å². The van der Waals surface area contributed by atoms with E-state index in [0.717, 1.165) is 5.56 Å². The molecule has 4 heterocycles. The van der Waals surface area contributed by atoms with Gasteiger partial charge in [-0.1, -0.05) is 12.1 Å². The summed E-state index contributed by atoms with van der Waals surface area (Å²) in [7, 11) is 5.03. The maximum absolute atomic E-state index is 12.8. The third-order valence-electron chi connectivity index (χ3n) is 5.06. The predicted molar refractivity (Wildman–Crippen MR) is 125 cm³/mol. The van der Waals surface area contributed by atoms with Gasteiger partial charge < -0.3 is 15.4 Å². The van der Waals surface area contributed by atoms with Crippen molar-refractivity contribution < 1.29 is 4.74 Å². The minimum absolute atomic E-state index is 0.203. The number of benzene rings is 1. The van der Waals surface area contributed by atoms with Crippen molar-refractivity contribution in [1.29, 1.82) is 0 Å². The Balaban J connectivity index is 1.62. The number of aromatic amines is 1. The van der Waals surface area contributed by atoms with Gasteiger partial charge in [0, 0.05) is 26.4 Å². The molecule has 0 saturated heterocycles. The SMILES string of the molecule is COc1c(Nc2cc(Nc3ccccn3)nc3[nH]n(C)c(=O)c23)cccc1-c1ncn(C)n1. The van der Waals surface area contributed by atoms with Crippen molar-refractivity contribution in [2.75, 3.05) is 17.7 Å². The van der Waals surface area contributed by atoms with Crippen molar-refractivity contribution in [3.8, 4) is 17.1 Å². The number of anilines is 4. The third kappa shape index (κ3) is 3.76. The van der Waals surface area contributed by atoms with E-state index in [-0.39, 0.29) is 5.56 Å². The van der Waals surface area contributed by atoms with Gasteiger partial charge in [0.05, 0.1) is 24.0 Å². The molecule has 0 fully saturated rings. The van der Waals surface area contributed by atoms with Crippen molar-refractivity contribution in [3.05, 3.63) is 65.3 Å². The lowest BCUT2D eigenvalue weighted by Crippen LogP contribution is -2.12. The minimum Gasteiger partial charge on any atom is -0.494 e. The zero-order valence-electron chi connectivity index (χ0n) is 18.2. The van der Waals surface area contributed by atoms with E-state index in [1.807, 2.05) is 36.4 Å². The van der Waals surface area contributed by atoms with Crippen LogP contribution < -0.4 is 20.9 Å². The molecule has 11 heteroatoms. The fraction of sp³-hybridized carbons (Fsp3) is 0.136. The number of nitrogens with zero attached hydrogens (tertiary/aromatic N) is 6. The number of pyridine rings is 2. The van der Waals surface area contributed by atoms with Crippen LogP contribution in [-0.2, 0) is 14.1 Å². The van der Waals surface area contributed by atoms with Gasteiger partial charge in [0.25, 0.3) is 5.56 Å². The number of H-pyrrole nitrogens is 1. The first-order valence-electron chi connectivity index (χ1n) is 10.1. The van der Waals surface area contributed by atoms with Crippen molar-refractivity contribution in [1.82, 2.24) is 34.5 Å². The molecule has 0 bridgehead atoms. The van der Waals surface area contributed by atoms with E-state index >= 15 is 0 Å². The van der Waals surface area contributed by atoms with Crippen molar-refractivity contribution >= 4 is 34.0 Å². The lowest BCUT2D eigenvalue weighted by Gasteiger charge is -2.15. The van der Waals surface area contributed by atoms with E-state index < -0.39 is 0 Å². The third-order valence-corrected chi connectivity index (χ3v) is 5.06. The highest BCUT2D eigenvalue weighted by atomic mass is 16.5. The number of methoxy groups -OCH3 is 1. The Morgan fingerprint density at radius 2 is 1.88 bits per heavy atom. The fourth-order valence-electron chi connectivity index (χ4n) is 3.59. The standard InChI is InChI=1S/C22H21N9O2/c1-30-12-24-20(28-30)13-7-6-8-14(19(13)33-3)25-15-11-17(26-16-9-4-5-10-23-16)27-21-18(15)22(32)31(2)29-21/h4-12H,1-3H3,(H3,23,25,26,27,29). The summed E-state index contributed by atoms with van der Waals surface area (Å²) in [4.78, 5) is 26.0. The van der Waals surface area contributed by atoms with Crippen LogP contribution in [0.5, 0.6) is 5.75 Å². The molecular formula is C22H21N9O2. The predicted octanol–water partition coefficient (Wildman–Crippen LogP) is 2.95. The van der Waals surface area contributed by atoms with Crippen LogP contribution in [0.1, 0.15) is 0 Å². The van der Waals surface area contributed by atoms with Crippen molar-refractivity contribution in [2.24, 2.45) is 14.1 Å². The second kappa shape index (κ2) is 8.11. The van der Waals surface area contributed by atoms with Gasteiger partial charge in [-0.15, -0.1) is 0 Å². The first-order valence-corrected chi connectivity index (χ1v) is 10.1. The highest BCUT2D eigenvalue weighted by molar-refractivity contribution is 5.94. The molecule has 3 N–H and O–H groups in total. The zero-order chi connectivity index (χ0) is 22.9. The number of nitrogens with one attached hydrogen (secondary N) is 3. The molecule has 0 aliphatic rings. The summed E-state index contributed by atoms with van der Waals surface area (Å²) in [5.74, 6) is 2.25. The van der Waals surface area contributed by atoms with Crippen LogP contribution in [0.15, 0.2) is 59.8 Å². The highest BCUT2D eigenvalue weighted by Crippen LogP contribution is 2.37. The molecule has 0 unspecified atom stereocenters. The quantitative estimate of drug-likeness (QED) is 0.366. The van der Waals surface area contributed by atoms with Gasteiger partial charge in [0.15, 0.2) is 17.2 Å². The largest absolute Gasteiger partial charge is 0.494 e. The Labute approximate surface area is 188 Å². The minimum atomic E-state index is -0.203. The molecule has 0 aliphatic heterocycles. The van der Waals surface area contributed by atoms with E-state index in [4.69, 9.17) is 4.74 Å². The van der Waals surface area contributed by atoms with Gasteiger partial charge in [0.2, 0.25) is 0 Å². The number of ether oxygens (including phenoxy) is 1. The molecule has 0 radical (unpaired) electrons. The summed E-state index contributed by atoms with van der Waals surface area (Å²) in [6.07, 6.45) is 3.31. The van der Waals surface area contributed by atoms with Crippen LogP contribution in [0.3, 0.4) is 0 Å². The highest BCUT2D eigenvalue weighted by Gasteiger charge is 2.18. The molecule has 33 heavy (non-hydrogen) atoms. The molecule has 166 valence electrons. The number of aryl methyl sites for hydroxylation is 2. The fourth-order valence-corrected chi connectivity index (χ4v) is 3.59. The van der Waals surface area contributed by atoms with Crippen LogP contribution in [0.25, 0.3) is 22.4 Å². The number of aromatic nitrogens is 7. The molecule has 11 nitrogen and oxygen atoms in total. The molecule has 5 rings (SSSR count). The molecule has 0 atom stereocenters. The number of para-hydroxylation sites is 1. The van der Waals surface area contributed by atoms with Gasteiger partial charge in [-0.25, -0.2) is 15.0 Å². The molecule has 0 saturated carbocycles. The summed E-state index contributed by atoms with van der Waals surface area (Å²) >= 11 is 0. The van der Waals surface area contributed by atoms with E-state index in [9.17, 15) is 4.79 Å². The summed E-state index contributed by atoms with van der Waals surface area (Å²) in [5.41, 5.74) is 2.17. The molecule has 1 aromatic carbocycles. The number of hydrogen-bond acceptors (Lipinski definition) is 8. The average molecular weight is 443 g/mol. The van der Waals surface area contributed by atoms with Crippen LogP contribution in [-0.4, -0.2) is 41.6 Å². The van der Waals surface area contributed by atoms with Crippen LogP contribution in [0, 0.1) is 0 Å². The first-order chi connectivity index (χ1) is 16.0. The molecule has 5 aromatic rings. The van der Waals surface area contributed by atoms with Crippen LogP contribution >= 0.6 is 0 Å². The van der Waals surface area contributed by atoms with Gasteiger partial charge in [-0.05, 0) is 24.3 Å². The monoisotopic (exact) mass is 443 g/mol. The van der Waals surface area contributed by atoms with Gasteiger partial charge in [-0.2, -0.15) is 5.10 Å². The second-order valence-electron chi connectivity index (χ2n) is 7.35. The molecule has 0 aliphatic carbocycles. The molecular weight excluding hydrogens is 422 g/mol. The normalized spacial score (nSPS) is 11.0. The molecule has 0 amide bonds. The van der Waals surface area contributed by atoms with Gasteiger partial charge >= 0.3 is 0 Å². The number of fused-ring (bicyclic) bond motifs is 1. The molecule has 4 aromatic heterocycles. The lowest BCUT2D eigenvalue weighted by atomic mass is 10.1. The topological polar surface area (TPSA) is 128 Å². The Morgan fingerprint density at radius 3 is 2.61 bits per heavy atom. The smallest absolute Gasteiger partial charge is 0.277 e.